The number of ether oxygens (including phenoxy) is 3. The molecule has 3 rings (SSSR count). The molecule has 0 radical (unpaired) electrons. The second-order valence-electron chi connectivity index (χ2n) is 5.93. The summed E-state index contributed by atoms with van der Waals surface area (Å²) in [5.41, 5.74) is 0.397. The topological polar surface area (TPSA) is 57.9 Å². The molecule has 0 saturated heterocycles. The Morgan fingerprint density at radius 2 is 1.83 bits per heavy atom. The molecule has 0 bridgehead atoms. The molecule has 0 aliphatic heterocycles. The van der Waals surface area contributed by atoms with Gasteiger partial charge in [0.2, 0.25) is 0 Å². The fourth-order valence-electron chi connectivity index (χ4n) is 2.55. The van der Waals surface area contributed by atoms with Crippen LogP contribution in [-0.2, 0) is 6.61 Å². The predicted molar refractivity (Wildman–Crippen MR) is 112 cm³/mol. The van der Waals surface area contributed by atoms with Gasteiger partial charge in [0, 0.05) is 11.1 Å². The molecule has 0 aliphatic rings. The Labute approximate surface area is 178 Å². The van der Waals surface area contributed by atoms with Gasteiger partial charge in [0.05, 0.1) is 24.8 Å². The Morgan fingerprint density at radius 3 is 2.59 bits per heavy atom. The molecular formula is C22H18Cl2O5. The first-order chi connectivity index (χ1) is 14.0. The highest BCUT2D eigenvalue weighted by atomic mass is 35.5. The second kappa shape index (κ2) is 9.54. The smallest absolute Gasteiger partial charge is 0.189 e. The van der Waals surface area contributed by atoms with E-state index in [0.717, 1.165) is 0 Å². The summed E-state index contributed by atoms with van der Waals surface area (Å²) in [6.07, 6.45) is 2.99. The van der Waals surface area contributed by atoms with Gasteiger partial charge in [0.15, 0.2) is 5.78 Å². The van der Waals surface area contributed by atoms with E-state index >= 15 is 0 Å². The number of ketones is 1. The van der Waals surface area contributed by atoms with Crippen molar-refractivity contribution in [1.82, 2.24) is 0 Å². The number of benzene rings is 2. The second-order valence-corrected chi connectivity index (χ2v) is 6.77. The molecule has 2 aromatic carbocycles. The highest BCUT2D eigenvalue weighted by molar-refractivity contribution is 6.34. The highest BCUT2D eigenvalue weighted by Gasteiger charge is 2.12. The van der Waals surface area contributed by atoms with Gasteiger partial charge in [-0.05, 0) is 54.6 Å². The van der Waals surface area contributed by atoms with Gasteiger partial charge in [-0.1, -0.05) is 23.2 Å². The molecule has 1 aromatic heterocycles. The Morgan fingerprint density at radius 1 is 1.00 bits per heavy atom. The maximum atomic E-state index is 12.5. The maximum absolute atomic E-state index is 12.5. The summed E-state index contributed by atoms with van der Waals surface area (Å²) < 4.78 is 21.7. The van der Waals surface area contributed by atoms with E-state index in [1.807, 2.05) is 0 Å². The zero-order valence-corrected chi connectivity index (χ0v) is 17.3. The maximum Gasteiger partial charge on any atom is 0.189 e. The molecule has 29 heavy (non-hydrogen) atoms. The molecule has 0 amide bonds. The van der Waals surface area contributed by atoms with E-state index in [2.05, 4.69) is 0 Å². The largest absolute Gasteiger partial charge is 0.497 e. The van der Waals surface area contributed by atoms with Crippen LogP contribution in [0.2, 0.25) is 10.0 Å². The summed E-state index contributed by atoms with van der Waals surface area (Å²) >= 11 is 12.0. The van der Waals surface area contributed by atoms with Crippen molar-refractivity contribution >= 4 is 35.1 Å². The Hall–Kier alpha value is -2.89. The molecule has 150 valence electrons. The molecule has 0 N–H and O–H groups in total. The number of hydrogen-bond acceptors (Lipinski definition) is 5. The summed E-state index contributed by atoms with van der Waals surface area (Å²) in [5.74, 6) is 2.35. The lowest BCUT2D eigenvalue weighted by Gasteiger charge is -2.07. The van der Waals surface area contributed by atoms with Crippen LogP contribution in [0.4, 0.5) is 0 Å². The van der Waals surface area contributed by atoms with Crippen molar-refractivity contribution in [2.24, 2.45) is 0 Å². The molecule has 1 heterocycles. The van der Waals surface area contributed by atoms with Gasteiger partial charge in [-0.25, -0.2) is 0 Å². The van der Waals surface area contributed by atoms with E-state index in [9.17, 15) is 4.79 Å². The third-order valence-corrected chi connectivity index (χ3v) is 4.56. The number of hydrogen-bond donors (Lipinski definition) is 0. The van der Waals surface area contributed by atoms with E-state index in [1.165, 1.54) is 20.3 Å². The van der Waals surface area contributed by atoms with Crippen molar-refractivity contribution in [2.75, 3.05) is 14.2 Å². The number of carbonyl (C=O) groups excluding carboxylic acids is 1. The first kappa shape index (κ1) is 20.8. The highest BCUT2D eigenvalue weighted by Crippen LogP contribution is 2.29. The molecular weight excluding hydrogens is 415 g/mol. The third-order valence-electron chi connectivity index (χ3n) is 4.02. The Balaban J connectivity index is 1.67. The van der Waals surface area contributed by atoms with Crippen LogP contribution in [0.3, 0.4) is 0 Å². The number of methoxy groups -OCH3 is 2. The number of rotatable bonds is 8. The van der Waals surface area contributed by atoms with Crippen molar-refractivity contribution < 1.29 is 23.4 Å². The van der Waals surface area contributed by atoms with Crippen LogP contribution in [0.5, 0.6) is 17.2 Å². The van der Waals surface area contributed by atoms with Crippen molar-refractivity contribution in [1.29, 1.82) is 0 Å². The lowest BCUT2D eigenvalue weighted by atomic mass is 10.1. The van der Waals surface area contributed by atoms with E-state index in [-0.39, 0.29) is 12.4 Å². The van der Waals surface area contributed by atoms with E-state index < -0.39 is 0 Å². The van der Waals surface area contributed by atoms with Crippen molar-refractivity contribution in [3.8, 4) is 17.2 Å². The Bertz CT molecular complexity index is 1040. The standard InChI is InChI=1S/C22H18Cl2O5/c1-26-16-7-10-21(27-2)18(12-16)20(25)9-6-15-4-5-17(29-15)13-28-22-11-14(23)3-8-19(22)24/h3-12H,13H2,1-2H3/b9-6+. The molecule has 5 nitrogen and oxygen atoms in total. The van der Waals surface area contributed by atoms with Gasteiger partial charge in [-0.15, -0.1) is 0 Å². The van der Waals surface area contributed by atoms with Crippen LogP contribution >= 0.6 is 23.2 Å². The average molecular weight is 433 g/mol. The van der Waals surface area contributed by atoms with Gasteiger partial charge in [0.25, 0.3) is 0 Å². The van der Waals surface area contributed by atoms with Crippen LogP contribution in [0.25, 0.3) is 6.08 Å². The van der Waals surface area contributed by atoms with Gasteiger partial charge in [-0.2, -0.15) is 0 Å². The molecule has 0 saturated carbocycles. The number of halogens is 2. The predicted octanol–water partition coefficient (Wildman–Crippen LogP) is 6.08. The fraction of sp³-hybridized carbons (Fsp3) is 0.136. The summed E-state index contributed by atoms with van der Waals surface area (Å²) in [5, 5.41) is 0.984. The van der Waals surface area contributed by atoms with Crippen molar-refractivity contribution in [3.05, 3.63) is 81.7 Å². The summed E-state index contributed by atoms with van der Waals surface area (Å²) in [4.78, 5) is 12.5. The monoisotopic (exact) mass is 432 g/mol. The van der Waals surface area contributed by atoms with E-state index in [0.29, 0.717) is 44.4 Å². The van der Waals surface area contributed by atoms with Crippen molar-refractivity contribution in [2.45, 2.75) is 6.61 Å². The molecule has 0 unspecified atom stereocenters. The van der Waals surface area contributed by atoms with Crippen molar-refractivity contribution in [3.63, 3.8) is 0 Å². The minimum Gasteiger partial charge on any atom is -0.497 e. The minimum absolute atomic E-state index is 0.172. The quantitative estimate of drug-likeness (QED) is 0.318. The van der Waals surface area contributed by atoms with E-state index in [4.69, 9.17) is 41.8 Å². The van der Waals surface area contributed by atoms with Gasteiger partial charge in [0.1, 0.15) is 35.4 Å². The summed E-state index contributed by atoms with van der Waals surface area (Å²) in [6.45, 7) is 0.172. The van der Waals surface area contributed by atoms with Gasteiger partial charge in [-0.3, -0.25) is 4.79 Å². The number of allylic oxidation sites excluding steroid dienone is 1. The lowest BCUT2D eigenvalue weighted by Crippen LogP contribution is -1.99. The first-order valence-corrected chi connectivity index (χ1v) is 9.36. The van der Waals surface area contributed by atoms with Gasteiger partial charge < -0.3 is 18.6 Å². The van der Waals surface area contributed by atoms with Crippen LogP contribution in [0.1, 0.15) is 21.9 Å². The SMILES string of the molecule is COc1ccc(OC)c(C(=O)/C=C/c2ccc(COc3cc(Cl)ccc3Cl)o2)c1. The van der Waals surface area contributed by atoms with Crippen LogP contribution in [0, 0.1) is 0 Å². The van der Waals surface area contributed by atoms with E-state index in [1.54, 1.807) is 54.6 Å². The summed E-state index contributed by atoms with van der Waals surface area (Å²) in [6, 6.07) is 13.5. The van der Waals surface area contributed by atoms with Crippen LogP contribution in [-0.4, -0.2) is 20.0 Å². The molecule has 0 aliphatic carbocycles. The molecule has 7 heteroatoms. The first-order valence-electron chi connectivity index (χ1n) is 8.61. The normalized spacial score (nSPS) is 10.9. The van der Waals surface area contributed by atoms with Crippen LogP contribution in [0.15, 0.2) is 59.0 Å². The Kier molecular flexibility index (Phi) is 6.86. The molecule has 0 spiro atoms. The molecule has 3 aromatic rings. The van der Waals surface area contributed by atoms with Gasteiger partial charge >= 0.3 is 0 Å². The van der Waals surface area contributed by atoms with Crippen LogP contribution < -0.4 is 14.2 Å². The number of carbonyl (C=O) groups is 1. The molecule has 0 atom stereocenters. The number of furan rings is 1. The molecule has 0 fully saturated rings. The third kappa shape index (κ3) is 5.34. The fourth-order valence-corrected chi connectivity index (χ4v) is 2.89. The zero-order valence-electron chi connectivity index (χ0n) is 15.8. The minimum atomic E-state index is -0.236. The zero-order chi connectivity index (χ0) is 20.8. The lowest BCUT2D eigenvalue weighted by molar-refractivity contribution is 0.104. The summed E-state index contributed by atoms with van der Waals surface area (Å²) in [7, 11) is 3.04. The average Bonchev–Trinajstić information content (AvgIpc) is 3.20.